The van der Waals surface area contributed by atoms with Crippen LogP contribution >= 0.6 is 0 Å². The number of hydrogen-bond donors (Lipinski definition) is 1. The normalized spacial score (nSPS) is 11.2. The second kappa shape index (κ2) is 3.87. The molecule has 0 unspecified atom stereocenters. The van der Waals surface area contributed by atoms with Gasteiger partial charge >= 0.3 is 0 Å². The summed E-state index contributed by atoms with van der Waals surface area (Å²) in [5.74, 6) is 0.579. The number of fused-ring (bicyclic) bond motifs is 1. The molecule has 18 heavy (non-hydrogen) atoms. The second-order valence-electron chi connectivity index (χ2n) is 4.48. The number of aryl methyl sites for hydroxylation is 2. The maximum Gasteiger partial charge on any atom is 0.148 e. The molecule has 2 N–H and O–H groups in total. The first-order valence-electron chi connectivity index (χ1n) is 5.85. The third-order valence-corrected chi connectivity index (χ3v) is 3.13. The molecule has 0 saturated heterocycles. The minimum absolute atomic E-state index is 0.579. The van der Waals surface area contributed by atoms with Gasteiger partial charge in [-0.05, 0) is 13.0 Å². The Hall–Kier alpha value is -2.30. The van der Waals surface area contributed by atoms with Crippen LogP contribution in [-0.4, -0.2) is 19.6 Å². The molecule has 0 spiro atoms. The lowest BCUT2D eigenvalue weighted by molar-refractivity contribution is 0.657. The molecule has 3 rings (SSSR count). The van der Waals surface area contributed by atoms with Crippen LogP contribution in [0.3, 0.4) is 0 Å². The molecular weight excluding hydrogens is 226 g/mol. The van der Waals surface area contributed by atoms with Crippen LogP contribution in [0.15, 0.2) is 30.5 Å². The third kappa shape index (κ3) is 1.64. The minimum Gasteiger partial charge on any atom is -0.382 e. The van der Waals surface area contributed by atoms with Crippen LogP contribution in [0, 0.1) is 6.92 Å². The van der Waals surface area contributed by atoms with Crippen LogP contribution < -0.4 is 5.73 Å². The highest BCUT2D eigenvalue weighted by molar-refractivity contribution is 5.81. The summed E-state index contributed by atoms with van der Waals surface area (Å²) in [5, 5.41) is 9.96. The van der Waals surface area contributed by atoms with Gasteiger partial charge < -0.3 is 5.73 Å². The molecule has 0 bridgehead atoms. The molecular formula is C13H15N5. The highest BCUT2D eigenvalue weighted by Gasteiger charge is 2.09. The maximum absolute atomic E-state index is 5.75. The Morgan fingerprint density at radius 3 is 2.72 bits per heavy atom. The predicted molar refractivity (Wildman–Crippen MR) is 71.2 cm³/mol. The zero-order valence-corrected chi connectivity index (χ0v) is 10.5. The molecule has 0 fully saturated rings. The fraction of sp³-hybridized carbons (Fsp3) is 0.231. The van der Waals surface area contributed by atoms with Gasteiger partial charge in [-0.2, -0.15) is 10.2 Å². The number of nitrogen functional groups attached to an aromatic ring is 1. The van der Waals surface area contributed by atoms with Gasteiger partial charge in [0.15, 0.2) is 0 Å². The van der Waals surface area contributed by atoms with Crippen LogP contribution in [-0.2, 0) is 13.6 Å². The minimum atomic E-state index is 0.579. The molecule has 0 aliphatic rings. The SMILES string of the molecule is Cc1cn(Cc2nn(C)c3ccccc23)nc1N. The Kier molecular flexibility index (Phi) is 2.33. The van der Waals surface area contributed by atoms with Gasteiger partial charge in [0, 0.05) is 24.2 Å². The van der Waals surface area contributed by atoms with E-state index >= 15 is 0 Å². The first-order valence-corrected chi connectivity index (χ1v) is 5.85. The lowest BCUT2D eigenvalue weighted by Crippen LogP contribution is -2.02. The molecule has 0 amide bonds. The van der Waals surface area contributed by atoms with Crippen molar-refractivity contribution >= 4 is 16.7 Å². The Morgan fingerprint density at radius 2 is 2.00 bits per heavy atom. The van der Waals surface area contributed by atoms with Crippen LogP contribution in [0.1, 0.15) is 11.3 Å². The summed E-state index contributed by atoms with van der Waals surface area (Å²) in [6.07, 6.45) is 1.94. The molecule has 0 aliphatic heterocycles. The summed E-state index contributed by atoms with van der Waals surface area (Å²) in [7, 11) is 1.95. The van der Waals surface area contributed by atoms with Crippen molar-refractivity contribution in [2.45, 2.75) is 13.5 Å². The third-order valence-electron chi connectivity index (χ3n) is 3.13. The number of aromatic nitrogens is 4. The van der Waals surface area contributed by atoms with Crippen molar-refractivity contribution < 1.29 is 0 Å². The fourth-order valence-electron chi connectivity index (χ4n) is 2.18. The predicted octanol–water partition coefficient (Wildman–Crippen LogP) is 1.71. The number of rotatable bonds is 2. The van der Waals surface area contributed by atoms with Crippen molar-refractivity contribution in [2.75, 3.05) is 5.73 Å². The molecule has 2 heterocycles. The van der Waals surface area contributed by atoms with E-state index in [0.29, 0.717) is 12.4 Å². The van der Waals surface area contributed by atoms with E-state index in [9.17, 15) is 0 Å². The molecule has 0 aliphatic carbocycles. The van der Waals surface area contributed by atoms with Crippen molar-refractivity contribution in [1.29, 1.82) is 0 Å². The van der Waals surface area contributed by atoms with Crippen LogP contribution in [0.4, 0.5) is 5.82 Å². The maximum atomic E-state index is 5.75. The van der Waals surface area contributed by atoms with Crippen molar-refractivity contribution in [1.82, 2.24) is 19.6 Å². The van der Waals surface area contributed by atoms with Gasteiger partial charge in [0.05, 0.1) is 17.8 Å². The van der Waals surface area contributed by atoms with Gasteiger partial charge in [-0.3, -0.25) is 9.36 Å². The summed E-state index contributed by atoms with van der Waals surface area (Å²) in [6, 6.07) is 8.19. The lowest BCUT2D eigenvalue weighted by Gasteiger charge is -1.97. The molecule has 1 aromatic carbocycles. The quantitative estimate of drug-likeness (QED) is 0.743. The summed E-state index contributed by atoms with van der Waals surface area (Å²) < 4.78 is 3.73. The standard InChI is InChI=1S/C13H15N5/c1-9-7-18(16-13(9)14)8-11-10-5-3-4-6-12(10)17(2)15-11/h3-7H,8H2,1-2H3,(H2,14,16). The average Bonchev–Trinajstić information content (AvgIpc) is 2.83. The average molecular weight is 241 g/mol. The number of anilines is 1. The number of benzene rings is 1. The van der Waals surface area contributed by atoms with E-state index in [0.717, 1.165) is 22.2 Å². The van der Waals surface area contributed by atoms with E-state index in [1.807, 2.05) is 41.7 Å². The van der Waals surface area contributed by atoms with Gasteiger partial charge in [0.1, 0.15) is 5.82 Å². The molecule has 92 valence electrons. The number of para-hydroxylation sites is 1. The van der Waals surface area contributed by atoms with Crippen molar-refractivity contribution in [2.24, 2.45) is 7.05 Å². The van der Waals surface area contributed by atoms with E-state index in [-0.39, 0.29) is 0 Å². The molecule has 0 radical (unpaired) electrons. The molecule has 0 saturated carbocycles. The van der Waals surface area contributed by atoms with Crippen LogP contribution in [0.25, 0.3) is 10.9 Å². The smallest absolute Gasteiger partial charge is 0.148 e. The fourth-order valence-corrected chi connectivity index (χ4v) is 2.18. The van der Waals surface area contributed by atoms with Gasteiger partial charge in [-0.25, -0.2) is 0 Å². The second-order valence-corrected chi connectivity index (χ2v) is 4.48. The molecule has 2 aromatic heterocycles. The zero-order valence-electron chi connectivity index (χ0n) is 10.5. The van der Waals surface area contributed by atoms with Crippen molar-refractivity contribution in [3.63, 3.8) is 0 Å². The number of nitrogens with two attached hydrogens (primary N) is 1. The van der Waals surface area contributed by atoms with Crippen molar-refractivity contribution in [3.8, 4) is 0 Å². The summed E-state index contributed by atoms with van der Waals surface area (Å²) in [6.45, 7) is 2.59. The largest absolute Gasteiger partial charge is 0.382 e. The molecule has 0 atom stereocenters. The summed E-state index contributed by atoms with van der Waals surface area (Å²) in [4.78, 5) is 0. The van der Waals surface area contributed by atoms with E-state index in [2.05, 4.69) is 22.3 Å². The Bertz CT molecular complexity index is 688. The summed E-state index contributed by atoms with van der Waals surface area (Å²) in [5.41, 5.74) is 8.89. The molecule has 3 aromatic rings. The zero-order chi connectivity index (χ0) is 12.7. The van der Waals surface area contributed by atoms with Crippen LogP contribution in [0.5, 0.6) is 0 Å². The van der Waals surface area contributed by atoms with E-state index in [1.54, 1.807) is 0 Å². The van der Waals surface area contributed by atoms with Gasteiger partial charge in [0.2, 0.25) is 0 Å². The topological polar surface area (TPSA) is 61.7 Å². The number of hydrogen-bond acceptors (Lipinski definition) is 3. The van der Waals surface area contributed by atoms with Gasteiger partial charge in [-0.1, -0.05) is 18.2 Å². The Balaban J connectivity index is 2.05. The first-order chi connectivity index (χ1) is 8.65. The van der Waals surface area contributed by atoms with E-state index < -0.39 is 0 Å². The Labute approximate surface area is 105 Å². The monoisotopic (exact) mass is 241 g/mol. The summed E-state index contributed by atoms with van der Waals surface area (Å²) >= 11 is 0. The highest BCUT2D eigenvalue weighted by atomic mass is 15.3. The van der Waals surface area contributed by atoms with E-state index in [4.69, 9.17) is 5.73 Å². The van der Waals surface area contributed by atoms with E-state index in [1.165, 1.54) is 0 Å². The first kappa shape index (κ1) is 10.8. The van der Waals surface area contributed by atoms with Crippen molar-refractivity contribution in [3.05, 3.63) is 41.7 Å². The Morgan fingerprint density at radius 1 is 1.22 bits per heavy atom. The highest BCUT2D eigenvalue weighted by Crippen LogP contribution is 2.18. The number of nitrogens with zero attached hydrogens (tertiary/aromatic N) is 4. The molecule has 5 nitrogen and oxygen atoms in total. The molecule has 5 heteroatoms. The van der Waals surface area contributed by atoms with Gasteiger partial charge in [0.25, 0.3) is 0 Å². The lowest BCUT2D eigenvalue weighted by atomic mass is 10.2. The van der Waals surface area contributed by atoms with Gasteiger partial charge in [-0.15, -0.1) is 0 Å². The van der Waals surface area contributed by atoms with Crippen LogP contribution in [0.2, 0.25) is 0 Å².